The van der Waals surface area contributed by atoms with Gasteiger partial charge in [0.2, 0.25) is 0 Å². The normalized spacial score (nSPS) is 10.3. The number of rotatable bonds is 5. The third-order valence-corrected chi connectivity index (χ3v) is 2.60. The monoisotopic (exact) mass is 227 g/mol. The van der Waals surface area contributed by atoms with E-state index in [-0.39, 0.29) is 10.6 Å². The molecule has 1 rings (SSSR count). The lowest BCUT2D eigenvalue weighted by Crippen LogP contribution is -1.97. The zero-order valence-electron chi connectivity index (χ0n) is 8.70. The summed E-state index contributed by atoms with van der Waals surface area (Å²) in [7, 11) is 0. The van der Waals surface area contributed by atoms with E-state index in [0.717, 1.165) is 24.0 Å². The first-order valence-electron chi connectivity index (χ1n) is 5.01. The van der Waals surface area contributed by atoms with Gasteiger partial charge in [0.25, 0.3) is 5.69 Å². The fourth-order valence-electron chi connectivity index (χ4n) is 1.49. The molecule has 0 bridgehead atoms. The van der Waals surface area contributed by atoms with Crippen molar-refractivity contribution in [1.82, 2.24) is 0 Å². The average molecular weight is 228 g/mol. The predicted octanol–water partition coefficient (Wildman–Crippen LogP) is 3.33. The number of nitrogens with zero attached hydrogens (tertiary/aromatic N) is 1. The van der Waals surface area contributed by atoms with E-state index in [4.69, 9.17) is 11.6 Å². The summed E-state index contributed by atoms with van der Waals surface area (Å²) in [6.45, 7) is 2.03. The predicted molar refractivity (Wildman–Crippen MR) is 61.5 cm³/mol. The van der Waals surface area contributed by atoms with Crippen LogP contribution in [-0.2, 0) is 12.8 Å². The van der Waals surface area contributed by atoms with Gasteiger partial charge >= 0.3 is 0 Å². The lowest BCUT2D eigenvalue weighted by molar-refractivity contribution is -0.385. The minimum absolute atomic E-state index is 0.206. The molecular formula is C11H14ClNO2. The van der Waals surface area contributed by atoms with Gasteiger partial charge in [-0.05, 0) is 30.9 Å². The van der Waals surface area contributed by atoms with Crippen LogP contribution < -0.4 is 0 Å². The quantitative estimate of drug-likeness (QED) is 0.440. The second-order valence-corrected chi connectivity index (χ2v) is 3.74. The molecule has 3 nitrogen and oxygen atoms in total. The van der Waals surface area contributed by atoms with Gasteiger partial charge in [-0.15, -0.1) is 11.6 Å². The van der Waals surface area contributed by atoms with Gasteiger partial charge in [0.05, 0.1) is 4.92 Å². The first kappa shape index (κ1) is 12.0. The molecule has 4 heteroatoms. The summed E-state index contributed by atoms with van der Waals surface area (Å²) >= 11 is 5.59. The highest BCUT2D eigenvalue weighted by atomic mass is 35.5. The molecule has 0 saturated carbocycles. The van der Waals surface area contributed by atoms with Gasteiger partial charge < -0.3 is 0 Å². The van der Waals surface area contributed by atoms with Crippen LogP contribution in [0.15, 0.2) is 18.2 Å². The molecule has 0 aromatic heterocycles. The summed E-state index contributed by atoms with van der Waals surface area (Å²) in [5, 5.41) is 10.8. The Labute approximate surface area is 94.2 Å². The van der Waals surface area contributed by atoms with E-state index in [0.29, 0.717) is 12.3 Å². The maximum absolute atomic E-state index is 10.8. The molecule has 1 aromatic rings. The average Bonchev–Trinajstić information content (AvgIpc) is 2.25. The second kappa shape index (κ2) is 5.71. The van der Waals surface area contributed by atoms with E-state index in [2.05, 4.69) is 0 Å². The molecule has 0 fully saturated rings. The highest BCUT2D eigenvalue weighted by Crippen LogP contribution is 2.21. The van der Waals surface area contributed by atoms with Gasteiger partial charge in [0.15, 0.2) is 0 Å². The van der Waals surface area contributed by atoms with Crippen LogP contribution in [-0.4, -0.2) is 10.8 Å². The minimum Gasteiger partial charge on any atom is -0.258 e. The van der Waals surface area contributed by atoms with Gasteiger partial charge in [0.1, 0.15) is 0 Å². The number of hydrogen-bond donors (Lipinski definition) is 0. The fourth-order valence-corrected chi connectivity index (χ4v) is 1.63. The summed E-state index contributed by atoms with van der Waals surface area (Å²) in [5.41, 5.74) is 2.13. The van der Waals surface area contributed by atoms with E-state index < -0.39 is 0 Å². The minimum atomic E-state index is -0.330. The number of aryl methyl sites for hydroxylation is 2. The molecular weight excluding hydrogens is 214 g/mol. The molecule has 15 heavy (non-hydrogen) atoms. The van der Waals surface area contributed by atoms with E-state index >= 15 is 0 Å². The van der Waals surface area contributed by atoms with Crippen LogP contribution in [0, 0.1) is 10.1 Å². The van der Waals surface area contributed by atoms with E-state index in [1.165, 1.54) is 0 Å². The number of nitro benzene ring substituents is 1. The van der Waals surface area contributed by atoms with Crippen molar-refractivity contribution in [2.45, 2.75) is 26.2 Å². The largest absolute Gasteiger partial charge is 0.272 e. The van der Waals surface area contributed by atoms with Gasteiger partial charge in [0, 0.05) is 17.5 Å². The van der Waals surface area contributed by atoms with Crippen LogP contribution in [0.2, 0.25) is 0 Å². The van der Waals surface area contributed by atoms with Crippen molar-refractivity contribution >= 4 is 17.3 Å². The highest BCUT2D eigenvalue weighted by Gasteiger charge is 2.12. The topological polar surface area (TPSA) is 43.1 Å². The highest BCUT2D eigenvalue weighted by molar-refractivity contribution is 6.17. The summed E-state index contributed by atoms with van der Waals surface area (Å²) in [6.07, 6.45) is 2.34. The molecule has 82 valence electrons. The van der Waals surface area contributed by atoms with Crippen molar-refractivity contribution in [2.24, 2.45) is 0 Å². The molecule has 0 spiro atoms. The summed E-state index contributed by atoms with van der Waals surface area (Å²) < 4.78 is 0. The zero-order valence-corrected chi connectivity index (χ0v) is 9.46. The van der Waals surface area contributed by atoms with Gasteiger partial charge in [-0.1, -0.05) is 13.0 Å². The number of benzene rings is 1. The van der Waals surface area contributed by atoms with Gasteiger partial charge in [-0.2, -0.15) is 0 Å². The molecule has 0 aliphatic heterocycles. The van der Waals surface area contributed by atoms with Crippen LogP contribution in [0.25, 0.3) is 0 Å². The molecule has 0 aliphatic carbocycles. The van der Waals surface area contributed by atoms with Crippen LogP contribution in [0.3, 0.4) is 0 Å². The summed E-state index contributed by atoms with van der Waals surface area (Å²) in [4.78, 5) is 10.4. The SMILES string of the molecule is CCc1ccc([N+](=O)[O-])c(CCCCl)c1. The smallest absolute Gasteiger partial charge is 0.258 e. The second-order valence-electron chi connectivity index (χ2n) is 3.37. The first-order chi connectivity index (χ1) is 7.19. The fraction of sp³-hybridized carbons (Fsp3) is 0.455. The maximum atomic E-state index is 10.8. The van der Waals surface area contributed by atoms with Gasteiger partial charge in [-0.3, -0.25) is 10.1 Å². The first-order valence-corrected chi connectivity index (χ1v) is 5.54. The summed E-state index contributed by atoms with van der Waals surface area (Å²) in [5.74, 6) is 0.535. The Bertz CT molecular complexity index is 352. The van der Waals surface area contributed by atoms with Crippen LogP contribution in [0.5, 0.6) is 0 Å². The Morgan fingerprint density at radius 1 is 1.47 bits per heavy atom. The van der Waals surface area contributed by atoms with Crippen molar-refractivity contribution in [1.29, 1.82) is 0 Å². The lowest BCUT2D eigenvalue weighted by Gasteiger charge is -2.04. The number of halogens is 1. The molecule has 0 amide bonds. The molecule has 0 saturated heterocycles. The molecule has 0 unspecified atom stereocenters. The number of nitro groups is 1. The standard InChI is InChI=1S/C11H14ClNO2/c1-2-9-5-6-11(13(14)15)10(8-9)4-3-7-12/h5-6,8H,2-4,7H2,1H3. The van der Waals surface area contributed by atoms with E-state index in [1.54, 1.807) is 6.07 Å². The zero-order chi connectivity index (χ0) is 11.3. The molecule has 0 N–H and O–H groups in total. The van der Waals surface area contributed by atoms with Gasteiger partial charge in [-0.25, -0.2) is 0 Å². The van der Waals surface area contributed by atoms with Crippen molar-refractivity contribution < 1.29 is 4.92 Å². The molecule has 0 aliphatic rings. The third kappa shape index (κ3) is 3.20. The Balaban J connectivity index is 2.99. The van der Waals surface area contributed by atoms with Crippen LogP contribution in [0.4, 0.5) is 5.69 Å². The number of alkyl halides is 1. The third-order valence-electron chi connectivity index (χ3n) is 2.33. The Kier molecular flexibility index (Phi) is 4.56. The van der Waals surface area contributed by atoms with Crippen molar-refractivity contribution in [3.63, 3.8) is 0 Å². The van der Waals surface area contributed by atoms with Crippen molar-refractivity contribution in [2.75, 3.05) is 5.88 Å². The maximum Gasteiger partial charge on any atom is 0.272 e. The van der Waals surface area contributed by atoms with E-state index in [1.807, 2.05) is 19.1 Å². The Morgan fingerprint density at radius 3 is 2.73 bits per heavy atom. The van der Waals surface area contributed by atoms with Crippen molar-refractivity contribution in [3.8, 4) is 0 Å². The molecule has 0 radical (unpaired) electrons. The Hall–Kier alpha value is -1.09. The van der Waals surface area contributed by atoms with Crippen LogP contribution in [0.1, 0.15) is 24.5 Å². The molecule has 0 atom stereocenters. The molecule has 0 heterocycles. The lowest BCUT2D eigenvalue weighted by atomic mass is 10.0. The number of hydrogen-bond acceptors (Lipinski definition) is 2. The van der Waals surface area contributed by atoms with E-state index in [9.17, 15) is 10.1 Å². The van der Waals surface area contributed by atoms with Crippen molar-refractivity contribution in [3.05, 3.63) is 39.4 Å². The van der Waals surface area contributed by atoms with Crippen LogP contribution >= 0.6 is 11.6 Å². The molecule has 1 aromatic carbocycles. The Morgan fingerprint density at radius 2 is 2.20 bits per heavy atom. The summed E-state index contributed by atoms with van der Waals surface area (Å²) in [6, 6.07) is 5.30.